The van der Waals surface area contributed by atoms with Crippen LogP contribution in [0.4, 0.5) is 5.69 Å². The van der Waals surface area contributed by atoms with Gasteiger partial charge in [0.15, 0.2) is 0 Å². The second-order valence-corrected chi connectivity index (χ2v) is 6.14. The summed E-state index contributed by atoms with van der Waals surface area (Å²) in [6.07, 6.45) is 0. The molecular formula is C21H21NO5. The largest absolute Gasteiger partial charge is 0.466 e. The van der Waals surface area contributed by atoms with Crippen LogP contribution in [0.5, 0.6) is 0 Å². The number of benzene rings is 2. The van der Waals surface area contributed by atoms with E-state index in [0.717, 1.165) is 22.4 Å². The summed E-state index contributed by atoms with van der Waals surface area (Å²) < 4.78 is 15.2. The third-order valence-electron chi connectivity index (χ3n) is 4.34. The average molecular weight is 367 g/mol. The lowest BCUT2D eigenvalue weighted by molar-refractivity contribution is -0.140. The minimum atomic E-state index is -0.616. The molecule has 0 unspecified atom stereocenters. The predicted molar refractivity (Wildman–Crippen MR) is 101 cm³/mol. The number of anilines is 1. The summed E-state index contributed by atoms with van der Waals surface area (Å²) >= 11 is 0. The maximum absolute atomic E-state index is 12.4. The van der Waals surface area contributed by atoms with Crippen molar-refractivity contribution in [2.45, 2.75) is 6.92 Å². The number of carbonyl (C=O) groups excluding carboxylic acids is 2. The number of esters is 2. The first-order valence-corrected chi connectivity index (χ1v) is 8.47. The number of nitrogens with zero attached hydrogens (tertiary/aromatic N) is 1. The standard InChI is InChI=1S/C21H21NO5/c1-14-6-4-7-15(10-14)16-8-5-9-17(11-16)22-13-27-12-18(20(23)25-2)19(22)21(24)26-3/h4-11H,12-13H2,1-3H3. The van der Waals surface area contributed by atoms with Gasteiger partial charge in [0, 0.05) is 5.69 Å². The molecule has 1 aliphatic heterocycles. The van der Waals surface area contributed by atoms with E-state index in [-0.39, 0.29) is 24.6 Å². The van der Waals surface area contributed by atoms with Crippen molar-refractivity contribution in [2.24, 2.45) is 0 Å². The molecule has 6 heteroatoms. The van der Waals surface area contributed by atoms with Gasteiger partial charge in [-0.15, -0.1) is 0 Å². The van der Waals surface area contributed by atoms with Gasteiger partial charge in [0.25, 0.3) is 0 Å². The van der Waals surface area contributed by atoms with Crippen molar-refractivity contribution in [1.82, 2.24) is 0 Å². The van der Waals surface area contributed by atoms with Crippen molar-refractivity contribution in [3.05, 3.63) is 65.4 Å². The van der Waals surface area contributed by atoms with Crippen molar-refractivity contribution in [1.29, 1.82) is 0 Å². The van der Waals surface area contributed by atoms with E-state index in [2.05, 4.69) is 6.07 Å². The molecule has 0 bridgehead atoms. The highest BCUT2D eigenvalue weighted by Gasteiger charge is 2.32. The number of aryl methyl sites for hydroxylation is 1. The van der Waals surface area contributed by atoms with Crippen LogP contribution in [-0.4, -0.2) is 39.5 Å². The molecule has 0 N–H and O–H groups in total. The fourth-order valence-electron chi connectivity index (χ4n) is 3.03. The van der Waals surface area contributed by atoms with Gasteiger partial charge in [-0.25, -0.2) is 9.59 Å². The molecular weight excluding hydrogens is 346 g/mol. The van der Waals surface area contributed by atoms with Crippen molar-refractivity contribution in [3.8, 4) is 11.1 Å². The minimum absolute atomic E-state index is 0.00875. The van der Waals surface area contributed by atoms with Gasteiger partial charge in [-0.05, 0) is 30.2 Å². The highest BCUT2D eigenvalue weighted by Crippen LogP contribution is 2.30. The Kier molecular flexibility index (Phi) is 5.57. The Bertz CT molecular complexity index is 903. The Morgan fingerprint density at radius 1 is 0.963 bits per heavy atom. The number of rotatable bonds is 4. The van der Waals surface area contributed by atoms with Gasteiger partial charge in [-0.2, -0.15) is 0 Å². The van der Waals surface area contributed by atoms with Gasteiger partial charge < -0.3 is 19.1 Å². The van der Waals surface area contributed by atoms with Crippen LogP contribution in [0.2, 0.25) is 0 Å². The fourth-order valence-corrected chi connectivity index (χ4v) is 3.03. The van der Waals surface area contributed by atoms with Gasteiger partial charge in [0.2, 0.25) is 0 Å². The summed E-state index contributed by atoms with van der Waals surface area (Å²) in [4.78, 5) is 26.1. The molecule has 0 amide bonds. The molecule has 140 valence electrons. The molecule has 0 aromatic heterocycles. The second kappa shape index (κ2) is 8.05. The molecule has 0 saturated carbocycles. The molecule has 3 rings (SSSR count). The van der Waals surface area contributed by atoms with Crippen LogP contribution in [0.25, 0.3) is 11.1 Å². The highest BCUT2D eigenvalue weighted by molar-refractivity contribution is 6.03. The van der Waals surface area contributed by atoms with Gasteiger partial charge in [0.05, 0.1) is 26.4 Å². The summed E-state index contributed by atoms with van der Waals surface area (Å²) in [6, 6.07) is 15.8. The number of carbonyl (C=O) groups is 2. The Morgan fingerprint density at radius 3 is 2.30 bits per heavy atom. The first-order chi connectivity index (χ1) is 13.0. The first-order valence-electron chi connectivity index (χ1n) is 8.47. The smallest absolute Gasteiger partial charge is 0.355 e. The monoisotopic (exact) mass is 367 g/mol. The topological polar surface area (TPSA) is 65.1 Å². The number of ether oxygens (including phenoxy) is 3. The van der Waals surface area contributed by atoms with Crippen LogP contribution in [0.3, 0.4) is 0 Å². The van der Waals surface area contributed by atoms with Gasteiger partial charge in [-0.1, -0.05) is 42.0 Å². The number of hydrogen-bond acceptors (Lipinski definition) is 6. The summed E-state index contributed by atoms with van der Waals surface area (Å²) in [5.41, 5.74) is 4.20. The number of methoxy groups -OCH3 is 2. The molecule has 0 radical (unpaired) electrons. The van der Waals surface area contributed by atoms with Gasteiger partial charge in [-0.3, -0.25) is 0 Å². The van der Waals surface area contributed by atoms with Crippen molar-refractivity contribution in [3.63, 3.8) is 0 Å². The first kappa shape index (κ1) is 18.7. The highest BCUT2D eigenvalue weighted by atomic mass is 16.5. The molecule has 0 atom stereocenters. The minimum Gasteiger partial charge on any atom is -0.466 e. The molecule has 27 heavy (non-hydrogen) atoms. The molecule has 1 heterocycles. The van der Waals surface area contributed by atoms with Crippen LogP contribution >= 0.6 is 0 Å². The van der Waals surface area contributed by atoms with Crippen LogP contribution in [-0.2, 0) is 23.8 Å². The number of hydrogen-bond donors (Lipinski definition) is 0. The Labute approximate surface area is 158 Å². The zero-order chi connectivity index (χ0) is 19.4. The summed E-state index contributed by atoms with van der Waals surface area (Å²) in [7, 11) is 2.54. The molecule has 0 fully saturated rings. The molecule has 1 aliphatic rings. The Balaban J connectivity index is 2.07. The summed E-state index contributed by atoms with van der Waals surface area (Å²) in [5.74, 6) is -1.23. The van der Waals surface area contributed by atoms with E-state index in [4.69, 9.17) is 14.2 Å². The van der Waals surface area contributed by atoms with Gasteiger partial charge in [0.1, 0.15) is 12.4 Å². The third kappa shape index (κ3) is 3.85. The van der Waals surface area contributed by atoms with Crippen molar-refractivity contribution in [2.75, 3.05) is 32.5 Å². The second-order valence-electron chi connectivity index (χ2n) is 6.14. The maximum atomic E-state index is 12.4. The molecule has 0 aliphatic carbocycles. The van der Waals surface area contributed by atoms with Crippen molar-refractivity contribution >= 4 is 17.6 Å². The van der Waals surface area contributed by atoms with E-state index in [1.165, 1.54) is 14.2 Å². The molecule has 2 aromatic carbocycles. The average Bonchev–Trinajstić information content (AvgIpc) is 2.72. The molecule has 0 saturated heterocycles. The summed E-state index contributed by atoms with van der Waals surface area (Å²) in [5, 5.41) is 0. The normalized spacial score (nSPS) is 14.1. The van der Waals surface area contributed by atoms with Crippen LogP contribution in [0, 0.1) is 6.92 Å². The molecule has 6 nitrogen and oxygen atoms in total. The van der Waals surface area contributed by atoms with E-state index < -0.39 is 11.9 Å². The molecule has 2 aromatic rings. The lowest BCUT2D eigenvalue weighted by Crippen LogP contribution is -2.38. The van der Waals surface area contributed by atoms with Crippen molar-refractivity contribution < 1.29 is 23.8 Å². The Hall–Kier alpha value is -3.12. The SMILES string of the molecule is COC(=O)C1=C(C(=O)OC)N(c2cccc(-c3cccc(C)c3)c2)COC1. The molecule has 0 spiro atoms. The van der Waals surface area contributed by atoms with Crippen LogP contribution in [0.15, 0.2) is 59.8 Å². The van der Waals surface area contributed by atoms with E-state index in [1.54, 1.807) is 4.90 Å². The maximum Gasteiger partial charge on any atom is 0.355 e. The fraction of sp³-hybridized carbons (Fsp3) is 0.238. The van der Waals surface area contributed by atoms with E-state index in [9.17, 15) is 9.59 Å². The van der Waals surface area contributed by atoms with E-state index >= 15 is 0 Å². The zero-order valence-corrected chi connectivity index (χ0v) is 15.5. The van der Waals surface area contributed by atoms with Crippen LogP contribution < -0.4 is 4.90 Å². The summed E-state index contributed by atoms with van der Waals surface area (Å²) in [6.45, 7) is 2.15. The lowest BCUT2D eigenvalue weighted by atomic mass is 10.0. The van der Waals surface area contributed by atoms with Gasteiger partial charge >= 0.3 is 11.9 Å². The zero-order valence-electron chi connectivity index (χ0n) is 15.5. The predicted octanol–water partition coefficient (Wildman–Crippen LogP) is 3.06. The Morgan fingerprint density at radius 2 is 1.63 bits per heavy atom. The third-order valence-corrected chi connectivity index (χ3v) is 4.34. The lowest BCUT2D eigenvalue weighted by Gasteiger charge is -2.31. The quantitative estimate of drug-likeness (QED) is 0.774. The van der Waals surface area contributed by atoms with E-state index in [1.807, 2.05) is 49.4 Å². The van der Waals surface area contributed by atoms with E-state index in [0.29, 0.717) is 0 Å². The van der Waals surface area contributed by atoms with Crippen LogP contribution in [0.1, 0.15) is 5.56 Å².